The van der Waals surface area contributed by atoms with E-state index in [1.807, 2.05) is 7.76 Å². The number of allylic oxidation sites excluding steroid dienone is 8. The Morgan fingerprint density at radius 3 is 1.26 bits per heavy atom. The summed E-state index contributed by atoms with van der Waals surface area (Å²) in [5, 5.41) is 3.16. The molecule has 0 saturated carbocycles. The van der Waals surface area contributed by atoms with Crippen LogP contribution in [0.2, 0.25) is 0 Å². The molecule has 34 heavy (non-hydrogen) atoms. The molecule has 0 heterocycles. The van der Waals surface area contributed by atoms with Crippen molar-refractivity contribution < 1.29 is 41.4 Å². The van der Waals surface area contributed by atoms with E-state index in [4.69, 9.17) is 0 Å². The van der Waals surface area contributed by atoms with Crippen LogP contribution in [0.15, 0.2) is 104 Å². The average molecular weight is 543 g/mol. The van der Waals surface area contributed by atoms with Crippen LogP contribution in [-0.2, 0) is 16.6 Å². The van der Waals surface area contributed by atoms with Crippen LogP contribution >= 0.6 is 0 Å². The van der Waals surface area contributed by atoms with Crippen molar-refractivity contribution in [3.8, 4) is 0 Å². The van der Waals surface area contributed by atoms with Crippen molar-refractivity contribution in [3.63, 3.8) is 0 Å². The van der Waals surface area contributed by atoms with E-state index in [1.165, 1.54) is 0 Å². The predicted octanol–water partition coefficient (Wildman–Crippen LogP) is 0.939. The molecular formula is C30H36Cl2SiTi. The Kier molecular flexibility index (Phi) is 10.1. The molecule has 0 fully saturated rings. The quantitative estimate of drug-likeness (QED) is 0.504. The van der Waals surface area contributed by atoms with E-state index < -0.39 is 22.8 Å². The van der Waals surface area contributed by atoms with Gasteiger partial charge in [-0.2, -0.15) is 0 Å². The number of hydrogen-bond acceptors (Lipinski definition) is 0. The maximum Gasteiger partial charge on any atom is -1.00 e. The van der Waals surface area contributed by atoms with Gasteiger partial charge in [-0.1, -0.05) is 0 Å². The van der Waals surface area contributed by atoms with Crippen molar-refractivity contribution in [2.75, 3.05) is 0 Å². The first kappa shape index (κ1) is 29.1. The molecule has 0 aliphatic heterocycles. The summed E-state index contributed by atoms with van der Waals surface area (Å²) in [6, 6.07) is 23.0. The van der Waals surface area contributed by atoms with E-state index in [-0.39, 0.29) is 35.6 Å². The molecule has 0 atom stereocenters. The largest absolute Gasteiger partial charge is 1.00 e. The van der Waals surface area contributed by atoms with Crippen LogP contribution in [0, 0.1) is 10.8 Å². The number of benzene rings is 2. The number of hydrogen-bond donors (Lipinski definition) is 0. The standard InChI is InChI=1S/C12H10Si.2C9H13.2ClH.Ti/c1-3-7-11(8-4-1)13-12-9-5-2-6-10-12;2*1-9(2,3)8-6-4-5-7-8;;;/h1-10H;2*4,6H,5H2,1-3H3;2*1H;/q;;;;;+2/p-2. The summed E-state index contributed by atoms with van der Waals surface area (Å²) in [4.78, 5) is 0. The van der Waals surface area contributed by atoms with E-state index >= 15 is 0 Å². The van der Waals surface area contributed by atoms with Crippen LogP contribution in [0.25, 0.3) is 0 Å². The zero-order valence-electron chi connectivity index (χ0n) is 21.3. The van der Waals surface area contributed by atoms with Crippen LogP contribution in [-0.4, -0.2) is 6.19 Å². The maximum absolute atomic E-state index is 2.46. The third kappa shape index (κ3) is 6.18. The van der Waals surface area contributed by atoms with E-state index in [9.17, 15) is 0 Å². The summed E-state index contributed by atoms with van der Waals surface area (Å²) in [7, 11) is 0. The molecule has 178 valence electrons. The molecule has 0 aromatic heterocycles. The summed E-state index contributed by atoms with van der Waals surface area (Å²) in [6.07, 6.45) is 11.2. The van der Waals surface area contributed by atoms with E-state index in [0.29, 0.717) is 0 Å². The normalized spacial score (nSPS) is 15.1. The minimum absolute atomic E-state index is 0. The molecule has 0 nitrogen and oxygen atoms in total. The Morgan fingerprint density at radius 1 is 0.588 bits per heavy atom. The molecule has 2 aliphatic rings. The first-order valence-electron chi connectivity index (χ1n) is 11.8. The SMILES string of the molecule is CC(C)(C)C1=[C]([Ti+2]([C]2=C(C(C)(C)C)C=CC2)=[Si](c2ccccc2)c2ccccc2)CC=C1.[Cl-].[Cl-]. The van der Waals surface area contributed by atoms with Crippen LogP contribution in [0.3, 0.4) is 0 Å². The smallest absolute Gasteiger partial charge is 1.00 e. The molecule has 0 amide bonds. The molecular weight excluding hydrogens is 507 g/mol. The first-order chi connectivity index (χ1) is 15.2. The number of rotatable bonds is 4. The molecule has 2 aromatic carbocycles. The van der Waals surface area contributed by atoms with Gasteiger partial charge in [-0.15, -0.1) is 0 Å². The summed E-state index contributed by atoms with van der Waals surface area (Å²) in [6.45, 7) is 14.4. The summed E-state index contributed by atoms with van der Waals surface area (Å²) < 4.78 is 3.64. The third-order valence-corrected chi connectivity index (χ3v) is 19.7. The van der Waals surface area contributed by atoms with Gasteiger partial charge in [0.15, 0.2) is 0 Å². The second-order valence-corrected chi connectivity index (χ2v) is 20.3. The van der Waals surface area contributed by atoms with Crippen molar-refractivity contribution in [3.05, 3.63) is 104 Å². The molecule has 0 spiro atoms. The molecule has 4 heteroatoms. The molecule has 0 saturated heterocycles. The minimum Gasteiger partial charge on any atom is -1.00 e. The third-order valence-electron chi connectivity index (χ3n) is 6.46. The van der Waals surface area contributed by atoms with Gasteiger partial charge in [0.2, 0.25) is 0 Å². The molecule has 2 aromatic rings. The van der Waals surface area contributed by atoms with Gasteiger partial charge in [0.1, 0.15) is 0 Å². The van der Waals surface area contributed by atoms with E-state index in [1.54, 1.807) is 21.5 Å². The van der Waals surface area contributed by atoms with Crippen molar-refractivity contribution in [1.82, 2.24) is 0 Å². The van der Waals surface area contributed by atoms with Crippen LogP contribution in [0.1, 0.15) is 54.4 Å². The van der Waals surface area contributed by atoms with E-state index in [2.05, 4.69) is 127 Å². The Balaban J connectivity index is 0.00000204. The van der Waals surface area contributed by atoms with Gasteiger partial charge < -0.3 is 24.8 Å². The first-order valence-corrected chi connectivity index (χ1v) is 17.2. The van der Waals surface area contributed by atoms with Gasteiger partial charge in [0, 0.05) is 0 Å². The van der Waals surface area contributed by atoms with Gasteiger partial charge in [-0.05, 0) is 0 Å². The Bertz CT molecular complexity index is 1060. The van der Waals surface area contributed by atoms with Gasteiger partial charge in [0.05, 0.1) is 0 Å². The molecule has 0 unspecified atom stereocenters. The second-order valence-electron chi connectivity index (χ2n) is 11.0. The molecule has 2 aliphatic carbocycles. The van der Waals surface area contributed by atoms with Crippen molar-refractivity contribution in [2.45, 2.75) is 54.4 Å². The molecule has 0 radical (unpaired) electrons. The average Bonchev–Trinajstić information content (AvgIpc) is 3.43. The van der Waals surface area contributed by atoms with Gasteiger partial charge in [0.25, 0.3) is 0 Å². The summed E-state index contributed by atoms with van der Waals surface area (Å²) in [5.41, 5.74) is 3.62. The fourth-order valence-corrected chi connectivity index (χ4v) is 20.5. The predicted molar refractivity (Wildman–Crippen MR) is 138 cm³/mol. The van der Waals surface area contributed by atoms with Crippen LogP contribution in [0.4, 0.5) is 0 Å². The number of halogens is 2. The maximum atomic E-state index is 2.46. The second kappa shape index (κ2) is 11.8. The zero-order valence-corrected chi connectivity index (χ0v) is 25.3. The van der Waals surface area contributed by atoms with Crippen molar-refractivity contribution in [1.29, 1.82) is 0 Å². The summed E-state index contributed by atoms with van der Waals surface area (Å²) >= 11 is -1.87. The monoisotopic (exact) mass is 542 g/mol. The molecule has 0 bridgehead atoms. The Morgan fingerprint density at radius 2 is 0.941 bits per heavy atom. The molecule has 4 rings (SSSR count). The fourth-order valence-electron chi connectivity index (χ4n) is 5.04. The van der Waals surface area contributed by atoms with E-state index in [0.717, 1.165) is 12.8 Å². The minimum atomic E-state index is -1.87. The zero-order chi connectivity index (χ0) is 22.9. The Labute approximate surface area is 225 Å². The Hall–Kier alpha value is -1.09. The van der Waals surface area contributed by atoms with Gasteiger partial charge in [-0.25, -0.2) is 0 Å². The summed E-state index contributed by atoms with van der Waals surface area (Å²) in [5.74, 6) is 0. The molecule has 0 N–H and O–H groups in total. The van der Waals surface area contributed by atoms with Crippen LogP contribution in [0.5, 0.6) is 0 Å². The van der Waals surface area contributed by atoms with Crippen molar-refractivity contribution >= 4 is 16.6 Å². The topological polar surface area (TPSA) is 0 Å². The van der Waals surface area contributed by atoms with Crippen molar-refractivity contribution in [2.24, 2.45) is 10.8 Å². The van der Waals surface area contributed by atoms with Crippen LogP contribution < -0.4 is 35.2 Å². The van der Waals surface area contributed by atoms with Gasteiger partial charge in [-0.3, -0.25) is 0 Å². The fraction of sp³-hybridized carbons (Fsp3) is 0.333. The van der Waals surface area contributed by atoms with Gasteiger partial charge >= 0.3 is 202 Å².